The van der Waals surface area contributed by atoms with Crippen molar-refractivity contribution >= 4 is 55.2 Å². The minimum Gasteiger partial charge on any atom is -0.391 e. The first kappa shape index (κ1) is 35.3. The Morgan fingerprint density at radius 1 is 0.935 bits per heavy atom. The summed E-state index contributed by atoms with van der Waals surface area (Å²) in [5, 5.41) is 0.790. The number of esters is 2. The topological polar surface area (TPSA) is 109 Å². The molecule has 4 rings (SSSR count). The van der Waals surface area contributed by atoms with Crippen LogP contribution in [0.3, 0.4) is 0 Å². The zero-order valence-corrected chi connectivity index (χ0v) is 28.3. The fourth-order valence-corrected chi connectivity index (χ4v) is 6.01. The number of thiazole rings is 1. The third-order valence-corrected chi connectivity index (χ3v) is 8.75. The fraction of sp³-hybridized carbons (Fsp3) is 0.344. The van der Waals surface area contributed by atoms with E-state index < -0.39 is 50.4 Å². The van der Waals surface area contributed by atoms with Crippen LogP contribution in [0.4, 0.5) is 13.2 Å². The lowest BCUT2D eigenvalue weighted by atomic mass is 9.91. The Balaban J connectivity index is 1.95. The van der Waals surface area contributed by atoms with Gasteiger partial charge in [-0.3, -0.25) is 4.79 Å². The SMILES string of the molecule is Cc1cc2nc(-c3cccc(OS(=O)(=O)C(F)(F)F)c3)sc2c(-c2ccc(Cl)cc2)c1[C@H](OC(C)(C)C)C(=O)OC(=O)C(C)(C)C. The van der Waals surface area contributed by atoms with E-state index in [4.69, 9.17) is 21.1 Å². The highest BCUT2D eigenvalue weighted by atomic mass is 35.5. The summed E-state index contributed by atoms with van der Waals surface area (Å²) in [6.07, 6.45) is -1.35. The van der Waals surface area contributed by atoms with Crippen molar-refractivity contribution in [1.82, 2.24) is 4.98 Å². The first-order valence-electron chi connectivity index (χ1n) is 13.8. The van der Waals surface area contributed by atoms with Crippen LogP contribution in [-0.4, -0.2) is 36.4 Å². The molecule has 1 aromatic heterocycles. The van der Waals surface area contributed by atoms with E-state index in [1.165, 1.54) is 6.07 Å². The van der Waals surface area contributed by atoms with E-state index in [0.717, 1.165) is 23.5 Å². The zero-order chi connectivity index (χ0) is 34.4. The maximum Gasteiger partial charge on any atom is 0.534 e. The van der Waals surface area contributed by atoms with Crippen molar-refractivity contribution < 1.29 is 44.8 Å². The minimum atomic E-state index is -5.89. The highest BCUT2D eigenvalue weighted by Crippen LogP contribution is 2.45. The van der Waals surface area contributed by atoms with Gasteiger partial charge in [0.25, 0.3) is 0 Å². The van der Waals surface area contributed by atoms with Gasteiger partial charge in [0, 0.05) is 21.7 Å². The Labute approximate surface area is 273 Å². The molecule has 8 nitrogen and oxygen atoms in total. The number of carbonyl (C=O) groups is 2. The van der Waals surface area contributed by atoms with Crippen molar-refractivity contribution in [2.45, 2.75) is 65.7 Å². The molecule has 0 fully saturated rings. The second-order valence-electron chi connectivity index (χ2n) is 12.4. The monoisotopic (exact) mass is 697 g/mol. The van der Waals surface area contributed by atoms with E-state index >= 15 is 0 Å². The molecule has 0 aliphatic heterocycles. The third-order valence-electron chi connectivity index (χ3n) is 6.38. The summed E-state index contributed by atoms with van der Waals surface area (Å²) in [5.41, 5.74) is -4.50. The van der Waals surface area contributed by atoms with E-state index in [2.05, 4.69) is 9.17 Å². The van der Waals surface area contributed by atoms with E-state index in [9.17, 15) is 31.2 Å². The smallest absolute Gasteiger partial charge is 0.391 e. The lowest BCUT2D eigenvalue weighted by Crippen LogP contribution is -2.33. The molecule has 14 heteroatoms. The highest BCUT2D eigenvalue weighted by molar-refractivity contribution is 7.88. The van der Waals surface area contributed by atoms with E-state index in [1.54, 1.807) is 84.9 Å². The van der Waals surface area contributed by atoms with Crippen LogP contribution in [0.1, 0.15) is 58.8 Å². The largest absolute Gasteiger partial charge is 0.534 e. The van der Waals surface area contributed by atoms with Crippen LogP contribution in [0, 0.1) is 12.3 Å². The Morgan fingerprint density at radius 2 is 1.57 bits per heavy atom. The van der Waals surface area contributed by atoms with Gasteiger partial charge in [-0.1, -0.05) is 35.9 Å². The Kier molecular flexibility index (Phi) is 9.67. The molecule has 246 valence electrons. The molecule has 3 aromatic carbocycles. The van der Waals surface area contributed by atoms with E-state index in [-0.39, 0.29) is 5.56 Å². The Morgan fingerprint density at radius 3 is 2.13 bits per heavy atom. The number of fused-ring (bicyclic) bond motifs is 1. The number of benzene rings is 3. The fourth-order valence-electron chi connectivity index (χ4n) is 4.31. The van der Waals surface area contributed by atoms with Gasteiger partial charge in [0.15, 0.2) is 6.10 Å². The lowest BCUT2D eigenvalue weighted by molar-refractivity contribution is -0.179. The summed E-state index contributed by atoms with van der Waals surface area (Å²) in [7, 11) is -5.89. The Bertz CT molecular complexity index is 1910. The van der Waals surface area contributed by atoms with Gasteiger partial charge in [0.05, 0.1) is 21.2 Å². The predicted octanol–water partition coefficient (Wildman–Crippen LogP) is 8.79. The molecule has 0 N–H and O–H groups in total. The van der Waals surface area contributed by atoms with Crippen LogP contribution in [0.5, 0.6) is 5.75 Å². The van der Waals surface area contributed by atoms with Crippen molar-refractivity contribution in [2.24, 2.45) is 5.41 Å². The summed E-state index contributed by atoms with van der Waals surface area (Å²) in [6, 6.07) is 13.6. The van der Waals surface area contributed by atoms with Gasteiger partial charge in [0.2, 0.25) is 0 Å². The number of aromatic nitrogens is 1. The number of alkyl halides is 3. The number of nitrogens with zero attached hydrogens (tertiary/aromatic N) is 1. The average molecular weight is 698 g/mol. The predicted molar refractivity (Wildman–Crippen MR) is 170 cm³/mol. The molecule has 0 saturated heterocycles. The van der Waals surface area contributed by atoms with Gasteiger partial charge in [0.1, 0.15) is 10.8 Å². The number of halogens is 4. The minimum absolute atomic E-state index is 0.287. The van der Waals surface area contributed by atoms with Crippen LogP contribution in [-0.2, 0) is 29.2 Å². The summed E-state index contributed by atoms with van der Waals surface area (Å²) in [6.45, 7) is 11.9. The number of hydrogen-bond acceptors (Lipinski definition) is 9. The number of aryl methyl sites for hydroxylation is 1. The molecule has 0 bridgehead atoms. The molecule has 0 radical (unpaired) electrons. The summed E-state index contributed by atoms with van der Waals surface area (Å²) in [5.74, 6) is -2.19. The molecule has 1 atom stereocenters. The van der Waals surface area contributed by atoms with Crippen LogP contribution >= 0.6 is 22.9 Å². The first-order valence-corrected chi connectivity index (χ1v) is 16.4. The van der Waals surface area contributed by atoms with Crippen LogP contribution in [0.15, 0.2) is 54.6 Å². The maximum atomic E-state index is 13.7. The molecule has 0 aliphatic carbocycles. The van der Waals surface area contributed by atoms with Crippen LogP contribution in [0.2, 0.25) is 5.02 Å². The average Bonchev–Trinajstić information content (AvgIpc) is 3.33. The van der Waals surface area contributed by atoms with Gasteiger partial charge in [-0.25, -0.2) is 9.78 Å². The van der Waals surface area contributed by atoms with Crippen LogP contribution in [0.25, 0.3) is 31.9 Å². The Hall–Kier alpha value is -3.52. The summed E-state index contributed by atoms with van der Waals surface area (Å²) in [4.78, 5) is 31.2. The molecule has 4 aromatic rings. The van der Waals surface area contributed by atoms with Crippen LogP contribution < -0.4 is 4.18 Å². The molecule has 0 amide bonds. The maximum absolute atomic E-state index is 13.7. The number of carbonyl (C=O) groups excluding carboxylic acids is 2. The number of ether oxygens (including phenoxy) is 2. The highest BCUT2D eigenvalue weighted by Gasteiger charge is 2.48. The van der Waals surface area contributed by atoms with Gasteiger partial charge in [-0.15, -0.1) is 11.3 Å². The molecule has 46 heavy (non-hydrogen) atoms. The molecular weight excluding hydrogens is 667 g/mol. The van der Waals surface area contributed by atoms with Crippen molar-refractivity contribution in [2.75, 3.05) is 0 Å². The van der Waals surface area contributed by atoms with Crippen molar-refractivity contribution in [3.8, 4) is 27.4 Å². The van der Waals surface area contributed by atoms with E-state index in [1.807, 2.05) is 0 Å². The summed E-state index contributed by atoms with van der Waals surface area (Å²) >= 11 is 7.34. The standard InChI is InChI=1S/C32H31ClF3NO7S2/c1-17-15-22-26(45-27(37-22)19-9-8-10-21(16-19)44-46(40,41)32(34,35)36)24(18-11-13-20(33)14-12-18)23(17)25(43-31(5,6)7)28(38)42-29(39)30(2,3)4/h8-16,25H,1-7H3/t25-/m0/s1. The van der Waals surface area contributed by atoms with Gasteiger partial charge in [-0.05, 0) is 89.9 Å². The van der Waals surface area contributed by atoms with Gasteiger partial charge < -0.3 is 13.7 Å². The lowest BCUT2D eigenvalue weighted by Gasteiger charge is -2.29. The van der Waals surface area contributed by atoms with Gasteiger partial charge >= 0.3 is 27.6 Å². The molecule has 1 heterocycles. The molecular formula is C32H31ClF3NO7S2. The number of rotatable bonds is 7. The first-order chi connectivity index (χ1) is 21.1. The quantitative estimate of drug-likeness (QED) is 0.0816. The molecule has 0 saturated carbocycles. The van der Waals surface area contributed by atoms with Crippen molar-refractivity contribution in [3.05, 3.63) is 70.7 Å². The second-order valence-corrected chi connectivity index (χ2v) is 15.4. The van der Waals surface area contributed by atoms with Crippen molar-refractivity contribution in [1.29, 1.82) is 0 Å². The van der Waals surface area contributed by atoms with Gasteiger partial charge in [-0.2, -0.15) is 21.6 Å². The summed E-state index contributed by atoms with van der Waals surface area (Å²) < 4.78 is 78.5. The molecule has 0 unspecified atom stereocenters. The second kappa shape index (κ2) is 12.6. The molecule has 0 spiro atoms. The third kappa shape index (κ3) is 7.88. The normalized spacial score (nSPS) is 13.5. The molecule has 0 aliphatic rings. The van der Waals surface area contributed by atoms with Crippen molar-refractivity contribution in [3.63, 3.8) is 0 Å². The number of hydrogen-bond donors (Lipinski definition) is 0. The zero-order valence-electron chi connectivity index (χ0n) is 25.9. The van der Waals surface area contributed by atoms with E-state index in [0.29, 0.717) is 42.5 Å².